The van der Waals surface area contributed by atoms with Gasteiger partial charge in [0, 0.05) is 24.0 Å². The van der Waals surface area contributed by atoms with Crippen molar-refractivity contribution in [2.24, 2.45) is 0 Å². The Labute approximate surface area is 173 Å². The van der Waals surface area contributed by atoms with Crippen LogP contribution in [0.15, 0.2) is 42.7 Å². The number of carbonyl (C=O) groups is 2. The number of rotatable bonds is 5. The molecule has 1 aliphatic carbocycles. The third kappa shape index (κ3) is 4.37. The SMILES string of the molecule is Cc1cc(F)ccc1-c1cnc2ccn(C(OC(=O)C(F)(F)F)C(=O)NC3CC3)c2c1. The molecule has 10 heteroatoms. The first-order valence-electron chi connectivity index (χ1n) is 9.45. The predicted octanol–water partition coefficient (Wildman–Crippen LogP) is 4.03. The predicted molar refractivity (Wildman–Crippen MR) is 102 cm³/mol. The van der Waals surface area contributed by atoms with Gasteiger partial charge in [-0.05, 0) is 55.2 Å². The van der Waals surface area contributed by atoms with Gasteiger partial charge < -0.3 is 14.6 Å². The maximum atomic E-state index is 13.4. The molecular formula is C21H17F4N3O3. The van der Waals surface area contributed by atoms with Crippen LogP contribution in [0.2, 0.25) is 0 Å². The molecule has 1 fully saturated rings. The smallest absolute Gasteiger partial charge is 0.425 e. The van der Waals surface area contributed by atoms with Gasteiger partial charge in [-0.25, -0.2) is 9.18 Å². The van der Waals surface area contributed by atoms with Crippen LogP contribution >= 0.6 is 0 Å². The Morgan fingerprint density at radius 2 is 1.97 bits per heavy atom. The highest BCUT2D eigenvalue weighted by molar-refractivity contribution is 5.88. The first-order chi connectivity index (χ1) is 14.6. The monoisotopic (exact) mass is 435 g/mol. The van der Waals surface area contributed by atoms with Crippen molar-refractivity contribution in [2.45, 2.75) is 38.2 Å². The van der Waals surface area contributed by atoms with Crippen LogP contribution in [0.4, 0.5) is 17.6 Å². The molecule has 0 spiro atoms. The highest BCUT2D eigenvalue weighted by Crippen LogP contribution is 2.30. The summed E-state index contributed by atoms with van der Waals surface area (Å²) in [4.78, 5) is 28.4. The van der Waals surface area contributed by atoms with E-state index in [0.717, 1.165) is 4.57 Å². The van der Waals surface area contributed by atoms with Crippen molar-refractivity contribution in [3.63, 3.8) is 0 Å². The van der Waals surface area contributed by atoms with Crippen LogP contribution in [0.25, 0.3) is 22.2 Å². The fourth-order valence-electron chi connectivity index (χ4n) is 3.24. The normalized spacial score (nSPS) is 15.0. The quantitative estimate of drug-likeness (QED) is 0.485. The largest absolute Gasteiger partial charge is 0.491 e. The van der Waals surface area contributed by atoms with Crippen molar-refractivity contribution in [1.82, 2.24) is 14.9 Å². The minimum absolute atomic E-state index is 0.156. The number of hydrogen-bond donors (Lipinski definition) is 1. The molecule has 1 amide bonds. The number of ether oxygens (including phenoxy) is 1. The van der Waals surface area contributed by atoms with Crippen LogP contribution in [-0.4, -0.2) is 33.6 Å². The Balaban J connectivity index is 1.76. The van der Waals surface area contributed by atoms with E-state index in [1.165, 1.54) is 30.6 Å². The molecule has 3 aromatic rings. The topological polar surface area (TPSA) is 73.2 Å². The van der Waals surface area contributed by atoms with Gasteiger partial charge in [-0.1, -0.05) is 6.07 Å². The van der Waals surface area contributed by atoms with Gasteiger partial charge in [0.2, 0.25) is 0 Å². The highest BCUT2D eigenvalue weighted by Gasteiger charge is 2.44. The molecule has 1 atom stereocenters. The van der Waals surface area contributed by atoms with Crippen molar-refractivity contribution >= 4 is 22.9 Å². The van der Waals surface area contributed by atoms with Crippen molar-refractivity contribution in [1.29, 1.82) is 0 Å². The van der Waals surface area contributed by atoms with Gasteiger partial charge in [-0.3, -0.25) is 9.78 Å². The lowest BCUT2D eigenvalue weighted by molar-refractivity contribution is -0.209. The van der Waals surface area contributed by atoms with Crippen LogP contribution in [0.1, 0.15) is 24.6 Å². The fraction of sp³-hybridized carbons (Fsp3) is 0.286. The zero-order valence-electron chi connectivity index (χ0n) is 16.2. The minimum atomic E-state index is -5.25. The first kappa shape index (κ1) is 20.8. The molecule has 162 valence electrons. The molecular weight excluding hydrogens is 418 g/mol. The number of hydrogen-bond acceptors (Lipinski definition) is 4. The third-order valence-electron chi connectivity index (χ3n) is 4.92. The van der Waals surface area contributed by atoms with Crippen LogP contribution in [0, 0.1) is 12.7 Å². The van der Waals surface area contributed by atoms with Crippen LogP contribution in [0.3, 0.4) is 0 Å². The van der Waals surface area contributed by atoms with Crippen molar-refractivity contribution < 1.29 is 31.9 Å². The number of aryl methyl sites for hydroxylation is 1. The zero-order valence-corrected chi connectivity index (χ0v) is 16.2. The maximum absolute atomic E-state index is 13.4. The van der Waals surface area contributed by atoms with Gasteiger partial charge in [-0.15, -0.1) is 0 Å². The lowest BCUT2D eigenvalue weighted by atomic mass is 10.0. The zero-order chi connectivity index (χ0) is 22.3. The Morgan fingerprint density at radius 1 is 1.23 bits per heavy atom. The Hall–Kier alpha value is -3.43. The minimum Gasteiger partial charge on any atom is -0.425 e. The molecule has 1 unspecified atom stereocenters. The summed E-state index contributed by atoms with van der Waals surface area (Å²) in [6.45, 7) is 1.71. The Morgan fingerprint density at radius 3 is 2.61 bits per heavy atom. The molecule has 1 aliphatic rings. The van der Waals surface area contributed by atoms with E-state index in [2.05, 4.69) is 15.0 Å². The second-order valence-electron chi connectivity index (χ2n) is 7.35. The number of pyridine rings is 1. The number of fused-ring (bicyclic) bond motifs is 1. The van der Waals surface area contributed by atoms with E-state index in [1.54, 1.807) is 19.1 Å². The number of nitrogens with zero attached hydrogens (tertiary/aromatic N) is 2. The van der Waals surface area contributed by atoms with E-state index in [4.69, 9.17) is 0 Å². The van der Waals surface area contributed by atoms with E-state index in [9.17, 15) is 27.2 Å². The lowest BCUT2D eigenvalue weighted by Crippen LogP contribution is -2.39. The molecule has 2 aromatic heterocycles. The molecule has 31 heavy (non-hydrogen) atoms. The van der Waals surface area contributed by atoms with E-state index >= 15 is 0 Å². The third-order valence-corrected chi connectivity index (χ3v) is 4.92. The number of alkyl halides is 3. The first-order valence-corrected chi connectivity index (χ1v) is 9.45. The maximum Gasteiger partial charge on any atom is 0.491 e. The van der Waals surface area contributed by atoms with E-state index in [0.29, 0.717) is 35.0 Å². The van der Waals surface area contributed by atoms with Gasteiger partial charge in [0.05, 0.1) is 11.0 Å². The average molecular weight is 435 g/mol. The van der Waals surface area contributed by atoms with Crippen molar-refractivity contribution in [3.8, 4) is 11.1 Å². The number of halogens is 4. The van der Waals surface area contributed by atoms with Gasteiger partial charge in [0.15, 0.2) is 0 Å². The summed E-state index contributed by atoms with van der Waals surface area (Å²) in [6, 6.07) is 7.12. The number of nitrogens with one attached hydrogen (secondary N) is 1. The summed E-state index contributed by atoms with van der Waals surface area (Å²) >= 11 is 0. The second-order valence-corrected chi connectivity index (χ2v) is 7.35. The number of benzene rings is 1. The molecule has 2 heterocycles. The fourth-order valence-corrected chi connectivity index (χ4v) is 3.24. The Bertz CT molecular complexity index is 1170. The molecule has 0 radical (unpaired) electrons. The molecule has 0 aliphatic heterocycles. The van der Waals surface area contributed by atoms with Gasteiger partial charge in [-0.2, -0.15) is 13.2 Å². The summed E-state index contributed by atoms with van der Waals surface area (Å²) in [7, 11) is 0. The molecule has 1 saturated carbocycles. The summed E-state index contributed by atoms with van der Waals surface area (Å²) in [6.07, 6.45) is -2.84. The average Bonchev–Trinajstić information content (AvgIpc) is 3.41. The van der Waals surface area contributed by atoms with Crippen molar-refractivity contribution in [2.75, 3.05) is 0 Å². The molecule has 1 N–H and O–H groups in total. The molecule has 4 rings (SSSR count). The number of aromatic nitrogens is 2. The molecule has 0 saturated heterocycles. The van der Waals surface area contributed by atoms with Crippen molar-refractivity contribution in [3.05, 3.63) is 54.1 Å². The lowest BCUT2D eigenvalue weighted by Gasteiger charge is -2.20. The van der Waals surface area contributed by atoms with E-state index in [1.807, 2.05) is 0 Å². The highest BCUT2D eigenvalue weighted by atomic mass is 19.4. The second kappa shape index (κ2) is 7.68. The molecule has 0 bridgehead atoms. The number of amides is 1. The Kier molecular flexibility index (Phi) is 5.16. The van der Waals surface area contributed by atoms with E-state index in [-0.39, 0.29) is 11.6 Å². The summed E-state index contributed by atoms with van der Waals surface area (Å²) in [5.41, 5.74) is 2.52. The molecule has 1 aromatic carbocycles. The van der Waals surface area contributed by atoms with Gasteiger partial charge in [0.1, 0.15) is 5.82 Å². The standard InChI is InChI=1S/C21H17F4N3O3/c1-11-8-13(22)2-5-15(11)12-9-17-16(26-10-12)6-7-28(17)19(18(29)27-14-3-4-14)31-20(30)21(23,24)25/h2,5-10,14,19H,3-4H2,1H3,(H,27,29). The van der Waals surface area contributed by atoms with Crippen LogP contribution in [-0.2, 0) is 14.3 Å². The van der Waals surface area contributed by atoms with Crippen LogP contribution in [0.5, 0.6) is 0 Å². The summed E-state index contributed by atoms with van der Waals surface area (Å²) < 4.78 is 57.6. The summed E-state index contributed by atoms with van der Waals surface area (Å²) in [5, 5.41) is 2.56. The van der Waals surface area contributed by atoms with Gasteiger partial charge >= 0.3 is 12.1 Å². The molecule has 6 nitrogen and oxygen atoms in total. The summed E-state index contributed by atoms with van der Waals surface area (Å²) in [5.74, 6) is -3.74. The number of carbonyl (C=O) groups excluding carboxylic acids is 2. The number of esters is 1. The van der Waals surface area contributed by atoms with E-state index < -0.39 is 30.1 Å². The van der Waals surface area contributed by atoms with Crippen LogP contribution < -0.4 is 5.32 Å². The van der Waals surface area contributed by atoms with Gasteiger partial charge in [0.25, 0.3) is 12.1 Å².